The number of anilines is 2. The standard InChI is InChI=1S/C23H26N4O2S.C21H24N4OS/c1-14(28)26-22-27-21-18(6-5-7-19(21)30-22)29-20-12-17(24-13-25-20)15-8-10-16(11-9-15)23(2,3)4;1-21(2,3)14-9-7-13(8-10-14)15-11-18(24-12-23-15)26-16-5-4-6-17-19(16)25-20(22)27-17/h5-8,12-13,16H,9-11H2,1-4H3,(H,26,27,28);4-7,11-12,14H,8-10H2,1-3H3,(H2,22,25). The van der Waals surface area contributed by atoms with E-state index in [9.17, 15) is 4.79 Å². The average Bonchev–Trinajstić information content (AvgIpc) is 3.78. The van der Waals surface area contributed by atoms with Crippen molar-refractivity contribution >= 4 is 70.4 Å². The number of ether oxygens (including phenoxy) is 2. The molecule has 0 radical (unpaired) electrons. The summed E-state index contributed by atoms with van der Waals surface area (Å²) in [4.78, 5) is 37.7. The third kappa shape index (κ3) is 9.82. The van der Waals surface area contributed by atoms with E-state index in [1.165, 1.54) is 53.6 Å². The first-order chi connectivity index (χ1) is 27.2. The van der Waals surface area contributed by atoms with Gasteiger partial charge in [-0.05, 0) is 96.6 Å². The van der Waals surface area contributed by atoms with E-state index in [0.29, 0.717) is 61.7 Å². The van der Waals surface area contributed by atoms with Crippen LogP contribution in [0, 0.1) is 22.7 Å². The number of thiazole rings is 2. The first kappa shape index (κ1) is 39.9. The number of nitrogens with one attached hydrogen (secondary N) is 1. The number of allylic oxidation sites excluding steroid dienone is 4. The van der Waals surface area contributed by atoms with Gasteiger partial charge in [0.05, 0.1) is 20.8 Å². The second kappa shape index (κ2) is 16.7. The summed E-state index contributed by atoms with van der Waals surface area (Å²) in [6.45, 7) is 15.4. The summed E-state index contributed by atoms with van der Waals surface area (Å²) in [5, 5.41) is 3.82. The number of fused-ring (bicyclic) bond motifs is 2. The molecule has 6 aromatic rings. The third-order valence-electron chi connectivity index (χ3n) is 10.7. The van der Waals surface area contributed by atoms with Crippen molar-refractivity contribution < 1.29 is 14.3 Å². The zero-order valence-corrected chi connectivity index (χ0v) is 35.3. The molecule has 13 heteroatoms. The molecule has 57 heavy (non-hydrogen) atoms. The molecule has 2 unspecified atom stereocenters. The molecule has 8 rings (SSSR count). The van der Waals surface area contributed by atoms with Crippen LogP contribution >= 0.6 is 22.7 Å². The Morgan fingerprint density at radius 2 is 1.21 bits per heavy atom. The third-order valence-corrected chi connectivity index (χ3v) is 12.5. The van der Waals surface area contributed by atoms with Crippen molar-refractivity contribution in [3.8, 4) is 23.3 Å². The number of benzene rings is 2. The number of hydrogen-bond donors (Lipinski definition) is 2. The van der Waals surface area contributed by atoms with Crippen molar-refractivity contribution in [1.29, 1.82) is 0 Å². The van der Waals surface area contributed by atoms with E-state index in [0.717, 1.165) is 52.0 Å². The second-order valence-corrected chi connectivity index (χ2v) is 18.9. The Morgan fingerprint density at radius 1 is 0.719 bits per heavy atom. The molecule has 4 aromatic heterocycles. The first-order valence-corrected chi connectivity index (χ1v) is 21.0. The van der Waals surface area contributed by atoms with Crippen LogP contribution in [0.15, 0.2) is 73.3 Å². The van der Waals surface area contributed by atoms with Gasteiger partial charge in [0.15, 0.2) is 21.8 Å². The van der Waals surface area contributed by atoms with E-state index < -0.39 is 0 Å². The molecule has 0 aliphatic heterocycles. The SMILES string of the molecule is CC(=O)Nc1nc2c(Oc3cc(C4=CCC(C(C)(C)C)CC4)ncn3)cccc2s1.CC(C)(C)C1CC=C(c2cc(Oc3cccc4sc(N)nc34)ncn2)CC1. The van der Waals surface area contributed by atoms with Crippen LogP contribution in [0.25, 0.3) is 31.6 Å². The molecule has 0 saturated carbocycles. The van der Waals surface area contributed by atoms with Crippen LogP contribution in [0.1, 0.15) is 98.4 Å². The number of carbonyl (C=O) groups excluding carboxylic acids is 1. The molecule has 3 N–H and O–H groups in total. The molecule has 2 aliphatic rings. The van der Waals surface area contributed by atoms with Gasteiger partial charge in [0.25, 0.3) is 0 Å². The molecule has 4 heterocycles. The van der Waals surface area contributed by atoms with Crippen LogP contribution in [0.5, 0.6) is 23.3 Å². The van der Waals surface area contributed by atoms with E-state index in [2.05, 4.69) is 88.9 Å². The van der Waals surface area contributed by atoms with E-state index in [1.54, 1.807) is 12.7 Å². The molecule has 296 valence electrons. The van der Waals surface area contributed by atoms with Gasteiger partial charge in [0.2, 0.25) is 17.7 Å². The number of nitrogen functional groups attached to an aromatic ring is 1. The topological polar surface area (TPSA) is 151 Å². The second-order valence-electron chi connectivity index (χ2n) is 16.8. The fraction of sp³-hybridized carbons (Fsp3) is 0.386. The molecular weight excluding hydrogens is 753 g/mol. The summed E-state index contributed by atoms with van der Waals surface area (Å²) in [7, 11) is 0. The Balaban J connectivity index is 0.000000175. The van der Waals surface area contributed by atoms with Crippen LogP contribution in [0.4, 0.5) is 10.3 Å². The molecule has 1 amide bonds. The molecular formula is C44H50N8O3S2. The lowest BCUT2D eigenvalue weighted by Gasteiger charge is -2.33. The van der Waals surface area contributed by atoms with Crippen LogP contribution in [-0.2, 0) is 4.79 Å². The highest BCUT2D eigenvalue weighted by atomic mass is 32.1. The summed E-state index contributed by atoms with van der Waals surface area (Å²) in [6, 6.07) is 15.3. The van der Waals surface area contributed by atoms with Gasteiger partial charge in [-0.3, -0.25) is 4.79 Å². The van der Waals surface area contributed by atoms with Crippen molar-refractivity contribution in [2.24, 2.45) is 22.7 Å². The Kier molecular flexibility index (Phi) is 11.7. The van der Waals surface area contributed by atoms with Gasteiger partial charge >= 0.3 is 0 Å². The highest BCUT2D eigenvalue weighted by molar-refractivity contribution is 7.22. The lowest BCUT2D eigenvalue weighted by Crippen LogP contribution is -2.22. The van der Waals surface area contributed by atoms with Crippen molar-refractivity contribution in [3.05, 3.63) is 84.7 Å². The van der Waals surface area contributed by atoms with Gasteiger partial charge in [-0.15, -0.1) is 0 Å². The quantitative estimate of drug-likeness (QED) is 0.160. The highest BCUT2D eigenvalue weighted by Gasteiger charge is 2.28. The van der Waals surface area contributed by atoms with E-state index in [4.69, 9.17) is 15.2 Å². The first-order valence-electron chi connectivity index (χ1n) is 19.4. The van der Waals surface area contributed by atoms with Crippen LogP contribution < -0.4 is 20.5 Å². The van der Waals surface area contributed by atoms with E-state index in [1.807, 2.05) is 48.5 Å². The molecule has 0 fully saturated rings. The smallest absolute Gasteiger partial charge is 0.223 e. The molecule has 11 nitrogen and oxygen atoms in total. The summed E-state index contributed by atoms with van der Waals surface area (Å²) < 4.78 is 14.0. The fourth-order valence-electron chi connectivity index (χ4n) is 7.31. The molecule has 0 bridgehead atoms. The zero-order chi connectivity index (χ0) is 40.3. The maximum absolute atomic E-state index is 11.3. The highest BCUT2D eigenvalue weighted by Crippen LogP contribution is 2.42. The average molecular weight is 803 g/mol. The number of amides is 1. The fourth-order valence-corrected chi connectivity index (χ4v) is 8.99. The van der Waals surface area contributed by atoms with Gasteiger partial charge in [-0.1, -0.05) is 88.5 Å². The van der Waals surface area contributed by atoms with Gasteiger partial charge in [-0.2, -0.15) is 0 Å². The summed E-state index contributed by atoms with van der Waals surface area (Å²) in [5.41, 5.74) is 12.4. The molecule has 0 saturated heterocycles. The predicted molar refractivity (Wildman–Crippen MR) is 232 cm³/mol. The number of nitrogens with zero attached hydrogens (tertiary/aromatic N) is 6. The van der Waals surface area contributed by atoms with Gasteiger partial charge in [0, 0.05) is 19.1 Å². The maximum Gasteiger partial charge on any atom is 0.223 e. The van der Waals surface area contributed by atoms with Crippen molar-refractivity contribution in [3.63, 3.8) is 0 Å². The summed E-state index contributed by atoms with van der Waals surface area (Å²) >= 11 is 2.86. The number of aromatic nitrogens is 6. The minimum atomic E-state index is -0.147. The number of para-hydroxylation sites is 2. The molecule has 0 spiro atoms. The monoisotopic (exact) mass is 802 g/mol. The normalized spacial score (nSPS) is 17.3. The van der Waals surface area contributed by atoms with E-state index in [-0.39, 0.29) is 5.91 Å². The van der Waals surface area contributed by atoms with Crippen molar-refractivity contribution in [2.45, 2.75) is 87.0 Å². The minimum absolute atomic E-state index is 0.147. The van der Waals surface area contributed by atoms with Crippen molar-refractivity contribution in [1.82, 2.24) is 29.9 Å². The number of carbonyl (C=O) groups is 1. The predicted octanol–water partition coefficient (Wildman–Crippen LogP) is 11.8. The zero-order valence-electron chi connectivity index (χ0n) is 33.6. The lowest BCUT2D eigenvalue weighted by atomic mass is 9.73. The Labute approximate surface area is 341 Å². The summed E-state index contributed by atoms with van der Waals surface area (Å²) in [6.07, 6.45) is 14.3. The minimum Gasteiger partial charge on any atom is -0.437 e. The summed E-state index contributed by atoms with van der Waals surface area (Å²) in [5.74, 6) is 3.54. The lowest BCUT2D eigenvalue weighted by molar-refractivity contribution is -0.114. The Morgan fingerprint density at radius 3 is 1.67 bits per heavy atom. The van der Waals surface area contributed by atoms with Crippen LogP contribution in [0.2, 0.25) is 0 Å². The largest absolute Gasteiger partial charge is 0.437 e. The van der Waals surface area contributed by atoms with Crippen molar-refractivity contribution in [2.75, 3.05) is 11.1 Å². The van der Waals surface area contributed by atoms with E-state index >= 15 is 0 Å². The van der Waals surface area contributed by atoms with Gasteiger partial charge < -0.3 is 20.5 Å². The molecule has 2 aliphatic carbocycles. The Hall–Kier alpha value is -5.27. The van der Waals surface area contributed by atoms with Crippen LogP contribution in [-0.4, -0.2) is 35.8 Å². The number of rotatable bonds is 7. The Bertz CT molecular complexity index is 2460. The number of hydrogen-bond acceptors (Lipinski definition) is 12. The molecule has 2 aromatic carbocycles. The maximum atomic E-state index is 11.3. The van der Waals surface area contributed by atoms with Gasteiger partial charge in [0.1, 0.15) is 23.7 Å². The van der Waals surface area contributed by atoms with Gasteiger partial charge in [-0.25, -0.2) is 29.9 Å². The van der Waals surface area contributed by atoms with Crippen LogP contribution in [0.3, 0.4) is 0 Å². The number of nitrogens with two attached hydrogens (primary N) is 1. The molecule has 2 atom stereocenters.